The van der Waals surface area contributed by atoms with Crippen LogP contribution in [0.5, 0.6) is 0 Å². The standard InChI is InChI=1S/C16H18O/c1-12-11-15-9-6-10-16(17-15,13(12)2)14-7-4-3-5-8-14/h3-5,7-8,15H,1-2,6,9-11H2/t15-,16+/m1/s1. The van der Waals surface area contributed by atoms with Gasteiger partial charge in [0, 0.05) is 0 Å². The Balaban J connectivity index is 2.09. The minimum absolute atomic E-state index is 0.292. The summed E-state index contributed by atoms with van der Waals surface area (Å²) in [4.78, 5) is 0. The summed E-state index contributed by atoms with van der Waals surface area (Å²) in [6, 6.07) is 10.5. The topological polar surface area (TPSA) is 9.23 Å². The van der Waals surface area contributed by atoms with E-state index in [0.29, 0.717) is 6.10 Å². The predicted octanol–water partition coefficient (Wildman–Crippen LogP) is 3.97. The van der Waals surface area contributed by atoms with E-state index in [2.05, 4.69) is 37.4 Å². The first-order chi connectivity index (χ1) is 8.22. The molecule has 1 aromatic carbocycles. The Hall–Kier alpha value is -1.34. The van der Waals surface area contributed by atoms with Crippen molar-refractivity contribution >= 4 is 0 Å². The van der Waals surface area contributed by atoms with Crippen LogP contribution in [-0.2, 0) is 10.3 Å². The Morgan fingerprint density at radius 1 is 1.18 bits per heavy atom. The summed E-state index contributed by atoms with van der Waals surface area (Å²) in [7, 11) is 0. The lowest BCUT2D eigenvalue weighted by atomic mass is 9.72. The molecular weight excluding hydrogens is 208 g/mol. The van der Waals surface area contributed by atoms with Crippen molar-refractivity contribution in [2.24, 2.45) is 0 Å². The highest BCUT2D eigenvalue weighted by Crippen LogP contribution is 2.50. The Bertz CT molecular complexity index is 460. The second-order valence-electron chi connectivity index (χ2n) is 5.11. The highest BCUT2D eigenvalue weighted by molar-refractivity contribution is 5.44. The molecule has 2 atom stereocenters. The lowest BCUT2D eigenvalue weighted by Crippen LogP contribution is -2.44. The Kier molecular flexibility index (Phi) is 2.44. The molecule has 2 heterocycles. The molecule has 0 spiro atoms. The van der Waals surface area contributed by atoms with E-state index in [0.717, 1.165) is 24.8 Å². The lowest BCUT2D eigenvalue weighted by Gasteiger charge is -2.48. The highest BCUT2D eigenvalue weighted by Gasteiger charge is 2.45. The summed E-state index contributed by atoms with van der Waals surface area (Å²) in [5, 5.41) is 0. The van der Waals surface area contributed by atoms with Crippen LogP contribution in [0, 0.1) is 0 Å². The van der Waals surface area contributed by atoms with Crippen molar-refractivity contribution < 1.29 is 4.74 Å². The molecule has 0 radical (unpaired) electrons. The van der Waals surface area contributed by atoms with Gasteiger partial charge in [0.1, 0.15) is 5.60 Å². The fourth-order valence-corrected chi connectivity index (χ4v) is 3.12. The molecule has 17 heavy (non-hydrogen) atoms. The van der Waals surface area contributed by atoms with E-state index in [-0.39, 0.29) is 5.60 Å². The van der Waals surface area contributed by atoms with E-state index in [9.17, 15) is 0 Å². The number of fused-ring (bicyclic) bond motifs is 2. The largest absolute Gasteiger partial charge is 0.362 e. The fourth-order valence-electron chi connectivity index (χ4n) is 3.12. The van der Waals surface area contributed by atoms with Gasteiger partial charge in [0.05, 0.1) is 6.10 Å². The van der Waals surface area contributed by atoms with Crippen LogP contribution in [-0.4, -0.2) is 6.10 Å². The predicted molar refractivity (Wildman–Crippen MR) is 69.7 cm³/mol. The monoisotopic (exact) mass is 226 g/mol. The third kappa shape index (κ3) is 1.57. The number of rotatable bonds is 1. The molecule has 2 bridgehead atoms. The minimum Gasteiger partial charge on any atom is -0.362 e. The molecule has 2 saturated heterocycles. The third-order valence-electron chi connectivity index (χ3n) is 4.05. The third-order valence-corrected chi connectivity index (χ3v) is 4.05. The van der Waals surface area contributed by atoms with Crippen LogP contribution in [0.3, 0.4) is 0 Å². The van der Waals surface area contributed by atoms with Crippen LogP contribution < -0.4 is 0 Å². The van der Waals surface area contributed by atoms with Crippen molar-refractivity contribution in [3.63, 3.8) is 0 Å². The van der Waals surface area contributed by atoms with Gasteiger partial charge >= 0.3 is 0 Å². The van der Waals surface area contributed by atoms with Gasteiger partial charge in [-0.25, -0.2) is 0 Å². The minimum atomic E-state index is -0.292. The Labute approximate surface area is 103 Å². The molecule has 1 aromatic rings. The number of benzene rings is 1. The Morgan fingerprint density at radius 3 is 2.71 bits per heavy atom. The first-order valence-corrected chi connectivity index (χ1v) is 6.33. The Morgan fingerprint density at radius 2 is 1.94 bits per heavy atom. The molecule has 2 aliphatic heterocycles. The van der Waals surface area contributed by atoms with E-state index in [4.69, 9.17) is 4.74 Å². The normalized spacial score (nSPS) is 32.6. The average Bonchev–Trinajstić information content (AvgIpc) is 2.38. The van der Waals surface area contributed by atoms with Crippen molar-refractivity contribution in [1.82, 2.24) is 0 Å². The van der Waals surface area contributed by atoms with Gasteiger partial charge in [-0.15, -0.1) is 0 Å². The zero-order chi connectivity index (χ0) is 11.9. The molecule has 0 aliphatic carbocycles. The summed E-state index contributed by atoms with van der Waals surface area (Å²) in [6.07, 6.45) is 4.69. The molecule has 3 rings (SSSR count). The molecule has 0 aromatic heterocycles. The van der Waals surface area contributed by atoms with Crippen molar-refractivity contribution in [1.29, 1.82) is 0 Å². The molecular formula is C16H18O. The smallest absolute Gasteiger partial charge is 0.118 e. The second-order valence-corrected chi connectivity index (χ2v) is 5.11. The van der Waals surface area contributed by atoms with Gasteiger partial charge < -0.3 is 4.74 Å². The maximum atomic E-state index is 6.32. The van der Waals surface area contributed by atoms with Crippen molar-refractivity contribution in [3.05, 3.63) is 60.2 Å². The van der Waals surface area contributed by atoms with Gasteiger partial charge in [0.2, 0.25) is 0 Å². The van der Waals surface area contributed by atoms with Gasteiger partial charge in [0.15, 0.2) is 0 Å². The summed E-state index contributed by atoms with van der Waals surface area (Å²) < 4.78 is 6.32. The molecule has 0 unspecified atom stereocenters. The number of hydrogen-bond donors (Lipinski definition) is 0. The van der Waals surface area contributed by atoms with Gasteiger partial charge in [-0.1, -0.05) is 43.5 Å². The molecule has 0 saturated carbocycles. The first kappa shape index (κ1) is 10.8. The average molecular weight is 226 g/mol. The van der Waals surface area contributed by atoms with E-state index < -0.39 is 0 Å². The summed E-state index contributed by atoms with van der Waals surface area (Å²) in [5.74, 6) is 0. The van der Waals surface area contributed by atoms with Crippen LogP contribution in [0.4, 0.5) is 0 Å². The molecule has 1 heteroatoms. The van der Waals surface area contributed by atoms with Crippen LogP contribution in [0.25, 0.3) is 0 Å². The van der Waals surface area contributed by atoms with Gasteiger partial charge in [-0.3, -0.25) is 0 Å². The van der Waals surface area contributed by atoms with Gasteiger partial charge in [-0.2, -0.15) is 0 Å². The van der Waals surface area contributed by atoms with Crippen molar-refractivity contribution in [2.75, 3.05) is 0 Å². The van der Waals surface area contributed by atoms with E-state index >= 15 is 0 Å². The summed E-state index contributed by atoms with van der Waals surface area (Å²) >= 11 is 0. The first-order valence-electron chi connectivity index (χ1n) is 6.33. The molecule has 0 N–H and O–H groups in total. The number of ether oxygens (including phenoxy) is 1. The molecule has 1 nitrogen and oxygen atoms in total. The molecule has 2 fully saturated rings. The summed E-state index contributed by atoms with van der Waals surface area (Å²) in [5.41, 5.74) is 3.19. The van der Waals surface area contributed by atoms with Crippen LogP contribution in [0.15, 0.2) is 54.6 Å². The fraction of sp³-hybridized carbons (Fsp3) is 0.375. The van der Waals surface area contributed by atoms with Crippen LogP contribution in [0.1, 0.15) is 31.2 Å². The SMILES string of the molecule is C=C1C[C@H]2CCC[C@](c3ccccc3)(O2)C1=C. The second kappa shape index (κ2) is 3.85. The van der Waals surface area contributed by atoms with Gasteiger partial charge in [-0.05, 0) is 42.4 Å². The van der Waals surface area contributed by atoms with E-state index in [1.54, 1.807) is 0 Å². The van der Waals surface area contributed by atoms with Gasteiger partial charge in [0.25, 0.3) is 0 Å². The maximum Gasteiger partial charge on any atom is 0.118 e. The lowest BCUT2D eigenvalue weighted by molar-refractivity contribution is -0.121. The van der Waals surface area contributed by atoms with Crippen molar-refractivity contribution in [2.45, 2.75) is 37.4 Å². The van der Waals surface area contributed by atoms with E-state index in [1.165, 1.54) is 17.6 Å². The van der Waals surface area contributed by atoms with Crippen LogP contribution >= 0.6 is 0 Å². The quantitative estimate of drug-likeness (QED) is 0.704. The zero-order valence-corrected chi connectivity index (χ0v) is 10.1. The molecule has 88 valence electrons. The molecule has 2 aliphatic rings. The van der Waals surface area contributed by atoms with Crippen LogP contribution in [0.2, 0.25) is 0 Å². The molecule has 0 amide bonds. The van der Waals surface area contributed by atoms with E-state index in [1.807, 2.05) is 6.07 Å². The maximum absolute atomic E-state index is 6.32. The zero-order valence-electron chi connectivity index (χ0n) is 10.1. The van der Waals surface area contributed by atoms with Crippen molar-refractivity contribution in [3.8, 4) is 0 Å². The summed E-state index contributed by atoms with van der Waals surface area (Å²) in [6.45, 7) is 8.41. The highest BCUT2D eigenvalue weighted by atomic mass is 16.5. The number of hydrogen-bond acceptors (Lipinski definition) is 1.